The normalized spacial score (nSPS) is 17.6. The SMILES string of the molecule is CCc1cc(C(=O)O)cc(N2CCC(NC(=O)OC)C2)n1. The molecule has 2 rings (SSSR count). The molecule has 7 heteroatoms. The van der Waals surface area contributed by atoms with Gasteiger partial charge < -0.3 is 20.1 Å². The number of hydrogen-bond donors (Lipinski definition) is 2. The van der Waals surface area contributed by atoms with Crippen LogP contribution in [0.25, 0.3) is 0 Å². The number of alkyl carbamates (subject to hydrolysis) is 1. The zero-order valence-corrected chi connectivity index (χ0v) is 12.1. The van der Waals surface area contributed by atoms with Crippen molar-refractivity contribution >= 4 is 17.9 Å². The molecular formula is C14H19N3O4. The second-order valence-electron chi connectivity index (χ2n) is 4.93. The van der Waals surface area contributed by atoms with Gasteiger partial charge in [0.15, 0.2) is 0 Å². The Bertz CT molecular complexity index is 547. The van der Waals surface area contributed by atoms with Gasteiger partial charge in [0.05, 0.1) is 18.7 Å². The first-order chi connectivity index (χ1) is 10.0. The fourth-order valence-electron chi connectivity index (χ4n) is 2.35. The Kier molecular flexibility index (Phi) is 4.62. The van der Waals surface area contributed by atoms with E-state index in [1.807, 2.05) is 11.8 Å². The van der Waals surface area contributed by atoms with Crippen molar-refractivity contribution in [3.05, 3.63) is 23.4 Å². The molecule has 0 spiro atoms. The number of amides is 1. The Labute approximate surface area is 122 Å². The molecule has 7 nitrogen and oxygen atoms in total. The molecule has 2 heterocycles. The van der Waals surface area contributed by atoms with Crippen molar-refractivity contribution in [1.29, 1.82) is 0 Å². The maximum atomic E-state index is 11.2. The number of nitrogens with zero attached hydrogens (tertiary/aromatic N) is 2. The largest absolute Gasteiger partial charge is 0.478 e. The van der Waals surface area contributed by atoms with E-state index in [1.54, 1.807) is 12.1 Å². The van der Waals surface area contributed by atoms with Crippen molar-refractivity contribution in [3.63, 3.8) is 0 Å². The number of ether oxygens (including phenoxy) is 1. The van der Waals surface area contributed by atoms with E-state index in [1.165, 1.54) is 7.11 Å². The zero-order valence-electron chi connectivity index (χ0n) is 12.1. The molecule has 1 aliphatic rings. The smallest absolute Gasteiger partial charge is 0.407 e. The molecule has 1 aromatic rings. The average Bonchev–Trinajstić information content (AvgIpc) is 2.94. The number of carboxylic acid groups (broad SMARTS) is 1. The number of methoxy groups -OCH3 is 1. The number of hydrogen-bond acceptors (Lipinski definition) is 5. The summed E-state index contributed by atoms with van der Waals surface area (Å²) in [6.45, 7) is 3.24. The number of pyridine rings is 1. The van der Waals surface area contributed by atoms with Crippen molar-refractivity contribution in [3.8, 4) is 0 Å². The highest BCUT2D eigenvalue weighted by Gasteiger charge is 2.25. The van der Waals surface area contributed by atoms with Crippen LogP contribution in [0.15, 0.2) is 12.1 Å². The van der Waals surface area contributed by atoms with Crippen molar-refractivity contribution in [2.45, 2.75) is 25.8 Å². The van der Waals surface area contributed by atoms with E-state index in [4.69, 9.17) is 5.11 Å². The highest BCUT2D eigenvalue weighted by Crippen LogP contribution is 2.21. The molecule has 0 aliphatic carbocycles. The Hall–Kier alpha value is -2.31. The van der Waals surface area contributed by atoms with Gasteiger partial charge in [-0.15, -0.1) is 0 Å². The number of carbonyl (C=O) groups is 2. The van der Waals surface area contributed by atoms with Gasteiger partial charge in [0, 0.05) is 18.8 Å². The number of aryl methyl sites for hydroxylation is 1. The maximum absolute atomic E-state index is 11.2. The van der Waals surface area contributed by atoms with Crippen LogP contribution in [0.3, 0.4) is 0 Å². The summed E-state index contributed by atoms with van der Waals surface area (Å²) in [5.41, 5.74) is 0.982. The Balaban J connectivity index is 2.13. The average molecular weight is 293 g/mol. The number of carboxylic acids is 1. The summed E-state index contributed by atoms with van der Waals surface area (Å²) in [4.78, 5) is 28.8. The Morgan fingerprint density at radius 2 is 2.29 bits per heavy atom. The van der Waals surface area contributed by atoms with E-state index in [2.05, 4.69) is 15.0 Å². The van der Waals surface area contributed by atoms with E-state index in [-0.39, 0.29) is 11.6 Å². The van der Waals surface area contributed by atoms with Gasteiger partial charge in [0.25, 0.3) is 0 Å². The standard InChI is InChI=1S/C14H19N3O4/c1-3-10-6-9(13(18)19)7-12(15-10)17-5-4-11(8-17)16-14(20)21-2/h6-7,11H,3-5,8H2,1-2H3,(H,16,20)(H,18,19). The molecule has 1 fully saturated rings. The molecule has 1 aromatic heterocycles. The van der Waals surface area contributed by atoms with Crippen LogP contribution in [0.4, 0.5) is 10.6 Å². The third kappa shape index (κ3) is 3.62. The van der Waals surface area contributed by atoms with Gasteiger partial charge in [-0.05, 0) is 25.0 Å². The van der Waals surface area contributed by atoms with Gasteiger partial charge in [0.1, 0.15) is 5.82 Å². The van der Waals surface area contributed by atoms with Gasteiger partial charge in [0.2, 0.25) is 0 Å². The molecule has 1 saturated heterocycles. The third-order valence-electron chi connectivity index (χ3n) is 3.49. The van der Waals surface area contributed by atoms with E-state index < -0.39 is 12.1 Å². The minimum Gasteiger partial charge on any atom is -0.478 e. The van der Waals surface area contributed by atoms with Crippen molar-refractivity contribution < 1.29 is 19.4 Å². The van der Waals surface area contributed by atoms with E-state index in [0.29, 0.717) is 25.3 Å². The second-order valence-corrected chi connectivity index (χ2v) is 4.93. The van der Waals surface area contributed by atoms with E-state index >= 15 is 0 Å². The number of aromatic nitrogens is 1. The quantitative estimate of drug-likeness (QED) is 0.868. The summed E-state index contributed by atoms with van der Waals surface area (Å²) in [7, 11) is 1.33. The summed E-state index contributed by atoms with van der Waals surface area (Å²) in [5.74, 6) is -0.322. The fourth-order valence-corrected chi connectivity index (χ4v) is 2.35. The van der Waals surface area contributed by atoms with Crippen LogP contribution < -0.4 is 10.2 Å². The van der Waals surface area contributed by atoms with Gasteiger partial charge in [-0.2, -0.15) is 0 Å². The maximum Gasteiger partial charge on any atom is 0.407 e. The van der Waals surface area contributed by atoms with Crippen LogP contribution in [-0.2, 0) is 11.2 Å². The molecule has 0 radical (unpaired) electrons. The van der Waals surface area contributed by atoms with Crippen LogP contribution in [0.2, 0.25) is 0 Å². The lowest BCUT2D eigenvalue weighted by molar-refractivity contribution is 0.0696. The van der Waals surface area contributed by atoms with Gasteiger partial charge >= 0.3 is 12.1 Å². The molecule has 21 heavy (non-hydrogen) atoms. The van der Waals surface area contributed by atoms with Crippen LogP contribution in [0.5, 0.6) is 0 Å². The molecule has 1 amide bonds. The van der Waals surface area contributed by atoms with Gasteiger partial charge in [-0.25, -0.2) is 14.6 Å². The summed E-state index contributed by atoms with van der Waals surface area (Å²) in [5, 5.41) is 11.9. The van der Waals surface area contributed by atoms with Crippen molar-refractivity contribution in [1.82, 2.24) is 10.3 Å². The third-order valence-corrected chi connectivity index (χ3v) is 3.49. The van der Waals surface area contributed by atoms with Crippen molar-refractivity contribution in [2.75, 3.05) is 25.1 Å². The highest BCUT2D eigenvalue weighted by molar-refractivity contribution is 5.88. The fraction of sp³-hybridized carbons (Fsp3) is 0.500. The van der Waals surface area contributed by atoms with E-state index in [0.717, 1.165) is 12.1 Å². The lowest BCUT2D eigenvalue weighted by Gasteiger charge is -2.19. The summed E-state index contributed by atoms with van der Waals surface area (Å²) < 4.78 is 4.58. The van der Waals surface area contributed by atoms with Crippen LogP contribution in [-0.4, -0.2) is 48.4 Å². The summed E-state index contributed by atoms with van der Waals surface area (Å²) in [6, 6.07) is 3.14. The molecular weight excluding hydrogens is 274 g/mol. The Morgan fingerprint density at radius 1 is 1.52 bits per heavy atom. The van der Waals surface area contributed by atoms with Gasteiger partial charge in [-0.1, -0.05) is 6.92 Å². The minimum absolute atomic E-state index is 0.0159. The van der Waals surface area contributed by atoms with Gasteiger partial charge in [-0.3, -0.25) is 0 Å². The zero-order chi connectivity index (χ0) is 15.4. The first-order valence-corrected chi connectivity index (χ1v) is 6.87. The second kappa shape index (κ2) is 6.43. The molecule has 0 bridgehead atoms. The minimum atomic E-state index is -0.961. The highest BCUT2D eigenvalue weighted by atomic mass is 16.5. The molecule has 114 valence electrons. The molecule has 0 saturated carbocycles. The summed E-state index contributed by atoms with van der Waals surface area (Å²) in [6.07, 6.45) is 0.991. The number of anilines is 1. The molecule has 2 N–H and O–H groups in total. The molecule has 0 aromatic carbocycles. The van der Waals surface area contributed by atoms with Crippen molar-refractivity contribution in [2.24, 2.45) is 0 Å². The summed E-state index contributed by atoms with van der Waals surface area (Å²) >= 11 is 0. The number of carbonyl (C=O) groups excluding carboxylic acids is 1. The number of rotatable bonds is 4. The molecule has 1 atom stereocenters. The van der Waals surface area contributed by atoms with Crippen LogP contribution in [0, 0.1) is 0 Å². The van der Waals surface area contributed by atoms with Crippen LogP contribution in [0.1, 0.15) is 29.4 Å². The molecule has 1 unspecified atom stereocenters. The first-order valence-electron chi connectivity index (χ1n) is 6.87. The first kappa shape index (κ1) is 15.1. The number of nitrogens with one attached hydrogen (secondary N) is 1. The lowest BCUT2D eigenvalue weighted by atomic mass is 10.2. The predicted octanol–water partition coefficient (Wildman–Crippen LogP) is 1.28. The van der Waals surface area contributed by atoms with E-state index in [9.17, 15) is 9.59 Å². The topological polar surface area (TPSA) is 91.8 Å². The monoisotopic (exact) mass is 293 g/mol. The molecule has 1 aliphatic heterocycles. The lowest BCUT2D eigenvalue weighted by Crippen LogP contribution is -2.37. The predicted molar refractivity (Wildman–Crippen MR) is 76.7 cm³/mol. The Morgan fingerprint density at radius 3 is 2.90 bits per heavy atom. The number of aromatic carboxylic acids is 1. The van der Waals surface area contributed by atoms with Crippen LogP contribution >= 0.6 is 0 Å².